The van der Waals surface area contributed by atoms with Crippen molar-refractivity contribution in [1.29, 1.82) is 0 Å². The Kier molecular flexibility index (Phi) is 3.70. The van der Waals surface area contributed by atoms with Crippen molar-refractivity contribution in [2.75, 3.05) is 0 Å². The van der Waals surface area contributed by atoms with Crippen LogP contribution in [0.4, 0.5) is 4.79 Å². The van der Waals surface area contributed by atoms with Crippen LogP contribution in [0.3, 0.4) is 0 Å². The molecule has 4 aromatic carbocycles. The lowest BCUT2D eigenvalue weighted by molar-refractivity contribution is -0.0209. The summed E-state index contributed by atoms with van der Waals surface area (Å²) in [5, 5.41) is 4.60. The second-order valence-corrected chi connectivity index (χ2v) is 8.50. The Morgan fingerprint density at radius 2 is 0.967 bits per heavy atom. The van der Waals surface area contributed by atoms with Gasteiger partial charge in [0.05, 0.1) is 0 Å². The third-order valence-electron chi connectivity index (χ3n) is 6.53. The van der Waals surface area contributed by atoms with E-state index < -0.39 is 17.4 Å². The smallest absolute Gasteiger partial charge is 0.423 e. The first kappa shape index (κ1) is 17.5. The maximum atomic E-state index is 12.9. The van der Waals surface area contributed by atoms with Crippen LogP contribution >= 0.6 is 0 Å². The topological polar surface area (TPSA) is 35.5 Å². The van der Waals surface area contributed by atoms with Crippen molar-refractivity contribution in [3.63, 3.8) is 0 Å². The summed E-state index contributed by atoms with van der Waals surface area (Å²) in [6.07, 6.45) is 2.76. The Morgan fingerprint density at radius 1 is 0.567 bits per heavy atom. The Morgan fingerprint density at radius 3 is 1.40 bits per heavy atom. The second kappa shape index (κ2) is 6.33. The van der Waals surface area contributed by atoms with Crippen LogP contribution in [0.5, 0.6) is 0 Å². The van der Waals surface area contributed by atoms with Gasteiger partial charge >= 0.3 is 6.16 Å². The SMILES string of the molecule is O=C(OC1(c2cccc3ccccc23)CC1)OC1(c2cccc3ccccc23)CC1. The van der Waals surface area contributed by atoms with Crippen molar-refractivity contribution >= 4 is 27.7 Å². The van der Waals surface area contributed by atoms with Crippen LogP contribution in [-0.4, -0.2) is 6.16 Å². The quantitative estimate of drug-likeness (QED) is 0.356. The zero-order valence-corrected chi connectivity index (χ0v) is 16.6. The summed E-state index contributed by atoms with van der Waals surface area (Å²) < 4.78 is 12.0. The van der Waals surface area contributed by atoms with Gasteiger partial charge < -0.3 is 9.47 Å². The summed E-state index contributed by atoms with van der Waals surface area (Å²) >= 11 is 0. The molecule has 2 fully saturated rings. The zero-order chi connectivity index (χ0) is 20.2. The summed E-state index contributed by atoms with van der Waals surface area (Å²) in [6.45, 7) is 0. The van der Waals surface area contributed by atoms with Gasteiger partial charge in [0.25, 0.3) is 0 Å². The first-order valence-electron chi connectivity index (χ1n) is 10.6. The summed E-state index contributed by atoms with van der Waals surface area (Å²) in [5.74, 6) is 0. The van der Waals surface area contributed by atoms with Crippen molar-refractivity contribution in [2.24, 2.45) is 0 Å². The van der Waals surface area contributed by atoms with E-state index in [1.807, 2.05) is 36.4 Å². The molecule has 3 nitrogen and oxygen atoms in total. The first-order valence-corrected chi connectivity index (χ1v) is 10.6. The highest BCUT2D eigenvalue weighted by Crippen LogP contribution is 2.54. The van der Waals surface area contributed by atoms with E-state index in [1.54, 1.807) is 0 Å². The number of benzene rings is 4. The van der Waals surface area contributed by atoms with Gasteiger partial charge in [-0.2, -0.15) is 0 Å². The minimum atomic E-state index is -0.564. The molecule has 6 rings (SSSR count). The van der Waals surface area contributed by atoms with E-state index in [1.165, 1.54) is 0 Å². The number of fused-ring (bicyclic) bond motifs is 2. The highest BCUT2D eigenvalue weighted by atomic mass is 16.7. The van der Waals surface area contributed by atoms with Crippen LogP contribution in [0.1, 0.15) is 36.8 Å². The molecule has 0 aromatic heterocycles. The lowest BCUT2D eigenvalue weighted by Gasteiger charge is -2.23. The molecule has 2 saturated carbocycles. The maximum Gasteiger partial charge on any atom is 0.510 e. The van der Waals surface area contributed by atoms with Gasteiger partial charge in [0.2, 0.25) is 0 Å². The van der Waals surface area contributed by atoms with E-state index >= 15 is 0 Å². The zero-order valence-electron chi connectivity index (χ0n) is 16.6. The molecule has 0 atom stereocenters. The molecule has 148 valence electrons. The van der Waals surface area contributed by atoms with E-state index in [9.17, 15) is 4.79 Å². The molecule has 0 unspecified atom stereocenters. The van der Waals surface area contributed by atoms with Gasteiger partial charge in [0.15, 0.2) is 0 Å². The molecule has 2 aliphatic rings. The number of hydrogen-bond acceptors (Lipinski definition) is 3. The van der Waals surface area contributed by atoms with Crippen LogP contribution in [0, 0.1) is 0 Å². The maximum absolute atomic E-state index is 12.9. The lowest BCUT2D eigenvalue weighted by atomic mass is 9.99. The van der Waals surface area contributed by atoms with Crippen molar-refractivity contribution < 1.29 is 14.3 Å². The number of rotatable bonds is 4. The van der Waals surface area contributed by atoms with Gasteiger partial charge in [-0.05, 0) is 47.2 Å². The van der Waals surface area contributed by atoms with E-state index in [-0.39, 0.29) is 0 Å². The van der Waals surface area contributed by atoms with E-state index in [0.29, 0.717) is 0 Å². The Labute approximate surface area is 175 Å². The molecule has 0 amide bonds. The monoisotopic (exact) mass is 394 g/mol. The Balaban J connectivity index is 1.28. The summed E-state index contributed by atoms with van der Waals surface area (Å²) in [5.41, 5.74) is 1.03. The second-order valence-electron chi connectivity index (χ2n) is 8.50. The van der Waals surface area contributed by atoms with Gasteiger partial charge in [-0.15, -0.1) is 0 Å². The molecule has 3 heteroatoms. The van der Waals surface area contributed by atoms with Gasteiger partial charge in [-0.3, -0.25) is 0 Å². The molecule has 0 saturated heterocycles. The Bertz CT molecular complexity index is 1170. The average molecular weight is 394 g/mol. The fourth-order valence-electron chi connectivity index (χ4n) is 4.67. The van der Waals surface area contributed by atoms with Gasteiger partial charge in [-0.1, -0.05) is 84.9 Å². The molecular weight excluding hydrogens is 372 g/mol. The summed E-state index contributed by atoms with van der Waals surface area (Å²) in [6, 6.07) is 28.9. The first-order chi connectivity index (χ1) is 14.7. The van der Waals surface area contributed by atoms with Crippen molar-refractivity contribution in [2.45, 2.75) is 36.9 Å². The highest BCUT2D eigenvalue weighted by molar-refractivity contribution is 5.88. The predicted octanol–water partition coefficient (Wildman–Crippen LogP) is 6.82. The van der Waals surface area contributed by atoms with Crippen molar-refractivity contribution in [1.82, 2.24) is 0 Å². The summed E-state index contributed by atoms with van der Waals surface area (Å²) in [4.78, 5) is 12.9. The highest BCUT2D eigenvalue weighted by Gasteiger charge is 2.54. The summed E-state index contributed by atoms with van der Waals surface area (Å²) in [7, 11) is 0. The fourth-order valence-corrected chi connectivity index (χ4v) is 4.67. The fraction of sp³-hybridized carbons (Fsp3) is 0.222. The largest absolute Gasteiger partial charge is 0.510 e. The lowest BCUT2D eigenvalue weighted by Crippen LogP contribution is -2.24. The number of hydrogen-bond donors (Lipinski definition) is 0. The molecule has 2 aliphatic carbocycles. The van der Waals surface area contributed by atoms with E-state index in [2.05, 4.69) is 48.5 Å². The van der Waals surface area contributed by atoms with Gasteiger partial charge in [-0.25, -0.2) is 4.79 Å². The van der Waals surface area contributed by atoms with Crippen molar-refractivity contribution in [3.8, 4) is 0 Å². The van der Waals surface area contributed by atoms with E-state index in [0.717, 1.165) is 58.4 Å². The molecule has 4 aromatic rings. The molecular formula is C27H22O3. The van der Waals surface area contributed by atoms with Crippen molar-refractivity contribution in [3.05, 3.63) is 96.1 Å². The number of carbonyl (C=O) groups is 1. The van der Waals surface area contributed by atoms with Gasteiger partial charge in [0, 0.05) is 11.1 Å². The number of ether oxygens (including phenoxy) is 2. The molecule has 0 aliphatic heterocycles. The molecule has 0 heterocycles. The molecule has 0 N–H and O–H groups in total. The Hall–Kier alpha value is -3.33. The minimum absolute atomic E-state index is 0.563. The third-order valence-corrected chi connectivity index (χ3v) is 6.53. The standard InChI is InChI=1S/C27H22O3/c28-25(29-26(15-16-26)23-13-5-9-19-7-1-3-11-21(19)23)30-27(17-18-27)24-14-6-10-20-8-2-4-12-22(20)24/h1-14H,15-18H2. The molecule has 0 bridgehead atoms. The normalized spacial score (nSPS) is 18.1. The molecule has 0 spiro atoms. The van der Waals surface area contributed by atoms with Crippen LogP contribution in [0.2, 0.25) is 0 Å². The average Bonchev–Trinajstić information content (AvgIpc) is 3.71. The minimum Gasteiger partial charge on any atom is -0.423 e. The number of carbonyl (C=O) groups excluding carboxylic acids is 1. The van der Waals surface area contributed by atoms with E-state index in [4.69, 9.17) is 9.47 Å². The third kappa shape index (κ3) is 2.77. The van der Waals surface area contributed by atoms with Crippen LogP contribution in [0.25, 0.3) is 21.5 Å². The van der Waals surface area contributed by atoms with Crippen LogP contribution in [-0.2, 0) is 20.7 Å². The van der Waals surface area contributed by atoms with Gasteiger partial charge in [0.1, 0.15) is 11.2 Å². The van der Waals surface area contributed by atoms with Crippen LogP contribution in [0.15, 0.2) is 84.9 Å². The molecule has 0 radical (unpaired) electrons. The molecule has 30 heavy (non-hydrogen) atoms. The predicted molar refractivity (Wildman–Crippen MR) is 117 cm³/mol. The van der Waals surface area contributed by atoms with Crippen LogP contribution < -0.4 is 0 Å².